The van der Waals surface area contributed by atoms with Gasteiger partial charge in [-0.05, 0) is 61.2 Å². The molecule has 0 bridgehead atoms. The lowest BCUT2D eigenvalue weighted by atomic mass is 9.58. The highest BCUT2D eigenvalue weighted by Gasteiger charge is 2.69. The van der Waals surface area contributed by atoms with Crippen LogP contribution in [-0.4, -0.2) is 95.9 Å². The van der Waals surface area contributed by atoms with Crippen molar-refractivity contribution in [2.24, 2.45) is 11.3 Å². The molecular weight excluding hydrogens is 458 g/mol. The minimum Gasteiger partial charge on any atom is -0.478 e. The second-order valence-electron chi connectivity index (χ2n) is 9.47. The Balaban J connectivity index is 7.60. The van der Waals surface area contributed by atoms with Gasteiger partial charge in [0.2, 0.25) is 5.60 Å². The SMILES string of the molecule is CC[C@H](C)[C@@H](NC)C(=O)OC(CC(C)O)(C(=O)O)C(CC(C)O)(C(=O)[C@@H](C)NC)C(=O)[C@@H](C)NC. The topological polar surface area (TPSA) is 174 Å². The lowest BCUT2D eigenvalue weighted by Gasteiger charge is -2.48. The van der Waals surface area contributed by atoms with Crippen molar-refractivity contribution in [3.05, 3.63) is 0 Å². The van der Waals surface area contributed by atoms with Crippen molar-refractivity contribution < 1.29 is 39.2 Å². The first-order valence-corrected chi connectivity index (χ1v) is 12.1. The predicted molar refractivity (Wildman–Crippen MR) is 131 cm³/mol. The minimum absolute atomic E-state index is 0.268. The molecule has 0 aliphatic heterocycles. The Morgan fingerprint density at radius 3 is 1.51 bits per heavy atom. The van der Waals surface area contributed by atoms with Gasteiger partial charge in [-0.1, -0.05) is 20.3 Å². The van der Waals surface area contributed by atoms with Gasteiger partial charge in [-0.25, -0.2) is 4.79 Å². The number of likely N-dealkylation sites (N-methyl/N-ethyl adjacent to an activating group) is 3. The molecule has 0 amide bonds. The van der Waals surface area contributed by atoms with E-state index >= 15 is 0 Å². The van der Waals surface area contributed by atoms with Crippen LogP contribution in [0.1, 0.15) is 60.8 Å². The molecule has 0 saturated carbocycles. The van der Waals surface area contributed by atoms with Gasteiger partial charge in [0.05, 0.1) is 24.3 Å². The highest BCUT2D eigenvalue weighted by molar-refractivity contribution is 6.15. The van der Waals surface area contributed by atoms with Gasteiger partial charge < -0.3 is 36.0 Å². The van der Waals surface area contributed by atoms with Crippen LogP contribution in [0.5, 0.6) is 0 Å². The van der Waals surface area contributed by atoms with Crippen LogP contribution < -0.4 is 16.0 Å². The number of carbonyl (C=O) groups excluding carboxylic acids is 3. The summed E-state index contributed by atoms with van der Waals surface area (Å²) in [5, 5.41) is 39.7. The van der Waals surface area contributed by atoms with Crippen LogP contribution in [0.15, 0.2) is 0 Å². The number of hydrogen-bond donors (Lipinski definition) is 6. The zero-order valence-corrected chi connectivity index (χ0v) is 22.5. The molecule has 35 heavy (non-hydrogen) atoms. The molecule has 0 spiro atoms. The summed E-state index contributed by atoms with van der Waals surface area (Å²) in [6, 6.07) is -3.02. The molecule has 0 rings (SSSR count). The lowest BCUT2D eigenvalue weighted by Crippen LogP contribution is -2.70. The minimum atomic E-state index is -2.80. The van der Waals surface area contributed by atoms with Crippen molar-refractivity contribution in [3.8, 4) is 0 Å². The first kappa shape index (κ1) is 33.1. The van der Waals surface area contributed by atoms with E-state index in [0.29, 0.717) is 6.42 Å². The zero-order chi connectivity index (χ0) is 27.7. The first-order valence-electron chi connectivity index (χ1n) is 12.1. The van der Waals surface area contributed by atoms with Gasteiger partial charge in [0.15, 0.2) is 11.6 Å². The van der Waals surface area contributed by atoms with Crippen LogP contribution in [0.25, 0.3) is 0 Å². The van der Waals surface area contributed by atoms with Crippen LogP contribution >= 0.6 is 0 Å². The van der Waals surface area contributed by atoms with E-state index in [9.17, 15) is 34.5 Å². The molecule has 0 saturated heterocycles. The molecule has 0 aliphatic carbocycles. The van der Waals surface area contributed by atoms with Crippen LogP contribution in [-0.2, 0) is 23.9 Å². The number of carboxylic acid groups (broad SMARTS) is 1. The number of nitrogens with one attached hydrogen (secondary N) is 3. The van der Waals surface area contributed by atoms with Crippen molar-refractivity contribution in [1.29, 1.82) is 0 Å². The maximum Gasteiger partial charge on any atom is 0.349 e. The molecule has 0 fully saturated rings. The zero-order valence-electron chi connectivity index (χ0n) is 22.5. The van der Waals surface area contributed by atoms with Gasteiger partial charge in [-0.3, -0.25) is 14.4 Å². The van der Waals surface area contributed by atoms with Crippen LogP contribution in [0.4, 0.5) is 0 Å². The van der Waals surface area contributed by atoms with Crippen molar-refractivity contribution in [2.45, 2.75) is 96.7 Å². The average molecular weight is 504 g/mol. The number of esters is 1. The fraction of sp³-hybridized carbons (Fsp3) is 0.833. The number of rotatable bonds is 17. The van der Waals surface area contributed by atoms with Crippen LogP contribution in [0.2, 0.25) is 0 Å². The number of carboxylic acids is 1. The maximum absolute atomic E-state index is 14.0. The normalized spacial score (nSPS) is 18.9. The Bertz CT molecular complexity index is 720. The second kappa shape index (κ2) is 14.0. The van der Waals surface area contributed by atoms with E-state index in [0.717, 1.165) is 0 Å². The van der Waals surface area contributed by atoms with Crippen molar-refractivity contribution in [2.75, 3.05) is 21.1 Å². The van der Waals surface area contributed by atoms with Gasteiger partial charge in [-0.15, -0.1) is 0 Å². The highest BCUT2D eigenvalue weighted by atomic mass is 16.6. The molecule has 0 aliphatic rings. The Kier molecular flexibility index (Phi) is 13.2. The summed E-state index contributed by atoms with van der Waals surface area (Å²) >= 11 is 0. The number of hydrogen-bond acceptors (Lipinski definition) is 10. The van der Waals surface area contributed by atoms with E-state index in [-0.39, 0.29) is 5.92 Å². The molecule has 0 aromatic heterocycles. The fourth-order valence-corrected chi connectivity index (χ4v) is 4.47. The number of aliphatic hydroxyl groups excluding tert-OH is 2. The molecule has 6 N–H and O–H groups in total. The largest absolute Gasteiger partial charge is 0.478 e. The highest BCUT2D eigenvalue weighted by Crippen LogP contribution is 2.46. The summed E-state index contributed by atoms with van der Waals surface area (Å²) in [5.74, 6) is -4.74. The van der Waals surface area contributed by atoms with E-state index in [1.165, 1.54) is 48.8 Å². The molecule has 0 aromatic carbocycles. The van der Waals surface area contributed by atoms with E-state index < -0.39 is 77.7 Å². The monoisotopic (exact) mass is 503 g/mol. The lowest BCUT2D eigenvalue weighted by molar-refractivity contribution is -0.209. The van der Waals surface area contributed by atoms with Crippen LogP contribution in [0, 0.1) is 11.3 Å². The Hall–Kier alpha value is -1.92. The van der Waals surface area contributed by atoms with Gasteiger partial charge in [0.25, 0.3) is 0 Å². The molecule has 0 aromatic rings. The summed E-state index contributed by atoms with van der Waals surface area (Å²) in [7, 11) is 4.44. The number of Topliss-reactive ketones (excluding diaryl/α,β-unsaturated/α-hetero) is 2. The van der Waals surface area contributed by atoms with E-state index in [1.54, 1.807) is 6.92 Å². The van der Waals surface area contributed by atoms with Crippen molar-refractivity contribution in [3.63, 3.8) is 0 Å². The van der Waals surface area contributed by atoms with Gasteiger partial charge in [0.1, 0.15) is 11.5 Å². The van der Waals surface area contributed by atoms with Gasteiger partial charge >= 0.3 is 11.9 Å². The standard InChI is InChI=1S/C24H45N3O8/c1-10-13(2)18(27-9)21(32)35-24(22(33)34,12-15(4)29)23(11-14(3)28,19(30)16(5)25-7)20(31)17(6)26-8/h13-18,25-29H,10-12H2,1-9H3,(H,33,34)/t13-,14?,15?,16+,17+,18+,24?/m0/s1. The summed E-state index contributed by atoms with van der Waals surface area (Å²) in [4.78, 5) is 54.4. The third kappa shape index (κ3) is 7.07. The fourth-order valence-electron chi connectivity index (χ4n) is 4.47. The summed E-state index contributed by atoms with van der Waals surface area (Å²) < 4.78 is 5.72. The number of aliphatic hydroxyl groups is 2. The first-order chi connectivity index (χ1) is 16.1. The summed E-state index contributed by atoms with van der Waals surface area (Å²) in [5.41, 5.74) is -5.33. The van der Waals surface area contributed by atoms with Crippen LogP contribution in [0.3, 0.4) is 0 Å². The molecule has 0 radical (unpaired) electrons. The number of ketones is 2. The van der Waals surface area contributed by atoms with E-state index in [4.69, 9.17) is 4.74 Å². The molecule has 11 nitrogen and oxygen atoms in total. The second-order valence-corrected chi connectivity index (χ2v) is 9.47. The Morgan fingerprint density at radius 2 is 1.23 bits per heavy atom. The molecule has 11 heteroatoms. The quantitative estimate of drug-likeness (QED) is 0.115. The number of carbonyl (C=O) groups is 4. The van der Waals surface area contributed by atoms with E-state index in [1.807, 2.05) is 6.92 Å². The third-order valence-electron chi connectivity index (χ3n) is 6.77. The Morgan fingerprint density at radius 1 is 0.800 bits per heavy atom. The average Bonchev–Trinajstić information content (AvgIpc) is 2.79. The van der Waals surface area contributed by atoms with Crippen molar-refractivity contribution in [1.82, 2.24) is 16.0 Å². The molecule has 7 atom stereocenters. The number of ether oxygens (including phenoxy) is 1. The van der Waals surface area contributed by atoms with Gasteiger partial charge in [-0.2, -0.15) is 0 Å². The number of aliphatic carboxylic acids is 1. The maximum atomic E-state index is 14.0. The van der Waals surface area contributed by atoms with E-state index in [2.05, 4.69) is 16.0 Å². The van der Waals surface area contributed by atoms with Crippen molar-refractivity contribution >= 4 is 23.5 Å². The third-order valence-corrected chi connectivity index (χ3v) is 6.77. The molecule has 204 valence electrons. The predicted octanol–water partition coefficient (Wildman–Crippen LogP) is -0.131. The smallest absolute Gasteiger partial charge is 0.349 e. The Labute approximate surface area is 208 Å². The summed E-state index contributed by atoms with van der Waals surface area (Å²) in [6.07, 6.45) is -3.53. The summed E-state index contributed by atoms with van der Waals surface area (Å²) in [6.45, 7) is 9.10. The molecule has 3 unspecified atom stereocenters. The molecule has 0 heterocycles. The van der Waals surface area contributed by atoms with Gasteiger partial charge in [0, 0.05) is 6.42 Å². The molecular formula is C24H45N3O8.